The van der Waals surface area contributed by atoms with E-state index in [0.29, 0.717) is 5.89 Å². The summed E-state index contributed by atoms with van der Waals surface area (Å²) in [6.45, 7) is 4.54. The summed E-state index contributed by atoms with van der Waals surface area (Å²) in [5.74, 6) is 1.38. The fraction of sp³-hybridized carbons (Fsp3) is 0.583. The van der Waals surface area contributed by atoms with Gasteiger partial charge >= 0.3 is 0 Å². The molecule has 1 saturated heterocycles. The number of thiazole rings is 1. The molecule has 0 spiro atoms. The highest BCUT2D eigenvalue weighted by Crippen LogP contribution is 2.21. The fourth-order valence-electron chi connectivity index (χ4n) is 2.20. The second kappa shape index (κ2) is 5.66. The van der Waals surface area contributed by atoms with Crippen molar-refractivity contribution in [2.24, 2.45) is 0 Å². The molecule has 19 heavy (non-hydrogen) atoms. The van der Waals surface area contributed by atoms with Crippen molar-refractivity contribution < 1.29 is 9.26 Å². The van der Waals surface area contributed by atoms with Gasteiger partial charge in [0.25, 0.3) is 5.19 Å². The highest BCUT2D eigenvalue weighted by molar-refractivity contribution is 7.11. The lowest BCUT2D eigenvalue weighted by Gasteiger charge is -2.30. The van der Waals surface area contributed by atoms with Gasteiger partial charge in [-0.15, -0.1) is 0 Å². The van der Waals surface area contributed by atoms with Gasteiger partial charge in [-0.2, -0.15) is 4.98 Å². The van der Waals surface area contributed by atoms with E-state index in [1.165, 1.54) is 0 Å². The van der Waals surface area contributed by atoms with Crippen LogP contribution in [0.5, 0.6) is 5.19 Å². The summed E-state index contributed by atoms with van der Waals surface area (Å²) >= 11 is 1.54. The Labute approximate surface area is 115 Å². The SMILES string of the molecule is Cc1nc(CN2CCC(Oc3nccs3)CC2)no1. The number of aryl methyl sites for hydroxylation is 1. The minimum Gasteiger partial charge on any atom is -0.467 e. The molecule has 2 aromatic rings. The molecule has 0 aromatic carbocycles. The average Bonchev–Trinajstić information content (AvgIpc) is 3.04. The zero-order valence-electron chi connectivity index (χ0n) is 10.8. The summed E-state index contributed by atoms with van der Waals surface area (Å²) in [5, 5.41) is 6.63. The third kappa shape index (κ3) is 3.30. The highest BCUT2D eigenvalue weighted by Gasteiger charge is 2.22. The minimum absolute atomic E-state index is 0.273. The van der Waals surface area contributed by atoms with Gasteiger partial charge in [-0.3, -0.25) is 4.90 Å². The first-order valence-electron chi connectivity index (χ1n) is 6.37. The molecule has 1 aliphatic heterocycles. The van der Waals surface area contributed by atoms with Crippen LogP contribution in [0.3, 0.4) is 0 Å². The molecule has 0 aliphatic carbocycles. The van der Waals surface area contributed by atoms with Crippen LogP contribution in [-0.4, -0.2) is 39.2 Å². The number of hydrogen-bond donors (Lipinski definition) is 0. The molecular weight excluding hydrogens is 264 g/mol. The summed E-state index contributed by atoms with van der Waals surface area (Å²) in [6.07, 6.45) is 4.06. The van der Waals surface area contributed by atoms with Crippen LogP contribution >= 0.6 is 11.3 Å². The van der Waals surface area contributed by atoms with Gasteiger partial charge in [0.1, 0.15) is 6.10 Å². The van der Waals surface area contributed by atoms with Gasteiger partial charge in [0.05, 0.1) is 6.54 Å². The van der Waals surface area contributed by atoms with E-state index in [0.717, 1.165) is 43.5 Å². The Hall–Kier alpha value is -1.47. The molecule has 6 nitrogen and oxygen atoms in total. The largest absolute Gasteiger partial charge is 0.467 e. The predicted octanol–water partition coefficient (Wildman–Crippen LogP) is 1.88. The Morgan fingerprint density at radius 1 is 1.47 bits per heavy atom. The van der Waals surface area contributed by atoms with Crippen molar-refractivity contribution in [3.8, 4) is 5.19 Å². The summed E-state index contributed by atoms with van der Waals surface area (Å²) < 4.78 is 10.8. The first kappa shape index (κ1) is 12.6. The maximum absolute atomic E-state index is 5.83. The number of nitrogens with zero attached hydrogens (tertiary/aromatic N) is 4. The standard InChI is InChI=1S/C12H16N4O2S/c1-9-14-11(15-18-9)8-16-5-2-10(3-6-16)17-12-13-4-7-19-12/h4,7,10H,2-3,5-6,8H2,1H3. The molecule has 0 N–H and O–H groups in total. The van der Waals surface area contributed by atoms with Gasteiger partial charge in [-0.05, 0) is 12.8 Å². The number of aromatic nitrogens is 3. The van der Waals surface area contributed by atoms with Gasteiger partial charge in [0.2, 0.25) is 5.89 Å². The third-order valence-corrected chi connectivity index (χ3v) is 3.81. The lowest BCUT2D eigenvalue weighted by Crippen LogP contribution is -2.38. The molecule has 102 valence electrons. The van der Waals surface area contributed by atoms with Crippen LogP contribution in [-0.2, 0) is 6.54 Å². The highest BCUT2D eigenvalue weighted by atomic mass is 32.1. The topological polar surface area (TPSA) is 64.3 Å². The summed E-state index contributed by atoms with van der Waals surface area (Å²) in [7, 11) is 0. The van der Waals surface area contributed by atoms with Crippen molar-refractivity contribution in [3.63, 3.8) is 0 Å². The van der Waals surface area contributed by atoms with E-state index in [9.17, 15) is 0 Å². The van der Waals surface area contributed by atoms with Crippen LogP contribution in [0.1, 0.15) is 24.6 Å². The molecule has 0 unspecified atom stereocenters. The second-order valence-corrected chi connectivity index (χ2v) is 5.48. The van der Waals surface area contributed by atoms with E-state index >= 15 is 0 Å². The van der Waals surface area contributed by atoms with E-state index in [2.05, 4.69) is 20.0 Å². The summed E-state index contributed by atoms with van der Waals surface area (Å²) in [4.78, 5) is 10.7. The van der Waals surface area contributed by atoms with Crippen molar-refractivity contribution in [1.82, 2.24) is 20.0 Å². The number of rotatable bonds is 4. The van der Waals surface area contributed by atoms with Gasteiger partial charge in [0, 0.05) is 31.6 Å². The summed E-state index contributed by atoms with van der Waals surface area (Å²) in [5.41, 5.74) is 0. The zero-order valence-corrected chi connectivity index (χ0v) is 11.6. The van der Waals surface area contributed by atoms with Gasteiger partial charge in [-0.25, -0.2) is 4.98 Å². The first-order chi connectivity index (χ1) is 9.29. The molecule has 3 heterocycles. The quantitative estimate of drug-likeness (QED) is 0.852. The molecule has 1 fully saturated rings. The Bertz CT molecular complexity index is 506. The van der Waals surface area contributed by atoms with Crippen molar-refractivity contribution in [3.05, 3.63) is 23.3 Å². The molecule has 7 heteroatoms. The maximum Gasteiger partial charge on any atom is 0.273 e. The van der Waals surface area contributed by atoms with E-state index in [1.807, 2.05) is 12.3 Å². The predicted molar refractivity (Wildman–Crippen MR) is 70.1 cm³/mol. The number of likely N-dealkylation sites (tertiary alicyclic amines) is 1. The van der Waals surface area contributed by atoms with E-state index in [4.69, 9.17) is 9.26 Å². The van der Waals surface area contributed by atoms with E-state index in [1.54, 1.807) is 17.5 Å². The molecule has 3 rings (SSSR count). The molecule has 0 amide bonds. The van der Waals surface area contributed by atoms with Crippen molar-refractivity contribution in [1.29, 1.82) is 0 Å². The van der Waals surface area contributed by atoms with E-state index < -0.39 is 0 Å². The molecular formula is C12H16N4O2S. The Balaban J connectivity index is 1.46. The lowest BCUT2D eigenvalue weighted by atomic mass is 10.1. The Kier molecular flexibility index (Phi) is 3.74. The number of hydrogen-bond acceptors (Lipinski definition) is 7. The van der Waals surface area contributed by atoms with Crippen molar-refractivity contribution in [2.75, 3.05) is 13.1 Å². The Morgan fingerprint density at radius 2 is 2.32 bits per heavy atom. The Morgan fingerprint density at radius 3 is 2.95 bits per heavy atom. The smallest absolute Gasteiger partial charge is 0.273 e. The average molecular weight is 280 g/mol. The maximum atomic E-state index is 5.83. The van der Waals surface area contributed by atoms with Crippen LogP contribution in [0.25, 0.3) is 0 Å². The van der Waals surface area contributed by atoms with Crippen molar-refractivity contribution in [2.45, 2.75) is 32.4 Å². The molecule has 0 radical (unpaired) electrons. The van der Waals surface area contributed by atoms with Gasteiger partial charge < -0.3 is 9.26 Å². The number of ether oxygens (including phenoxy) is 1. The van der Waals surface area contributed by atoms with Crippen LogP contribution in [0.4, 0.5) is 0 Å². The van der Waals surface area contributed by atoms with Crippen LogP contribution < -0.4 is 4.74 Å². The zero-order chi connectivity index (χ0) is 13.1. The van der Waals surface area contributed by atoms with Crippen LogP contribution in [0.15, 0.2) is 16.1 Å². The van der Waals surface area contributed by atoms with Gasteiger partial charge in [0.15, 0.2) is 5.82 Å². The monoisotopic (exact) mass is 280 g/mol. The minimum atomic E-state index is 0.273. The number of piperidine rings is 1. The molecule has 1 aliphatic rings. The molecule has 0 bridgehead atoms. The van der Waals surface area contributed by atoms with Crippen LogP contribution in [0.2, 0.25) is 0 Å². The first-order valence-corrected chi connectivity index (χ1v) is 7.25. The van der Waals surface area contributed by atoms with Gasteiger partial charge in [-0.1, -0.05) is 16.5 Å². The normalized spacial score (nSPS) is 17.7. The molecule has 0 atom stereocenters. The fourth-order valence-corrected chi connectivity index (χ4v) is 2.75. The van der Waals surface area contributed by atoms with E-state index in [-0.39, 0.29) is 6.10 Å². The molecule has 0 saturated carbocycles. The second-order valence-electron chi connectivity index (χ2n) is 4.62. The molecule has 2 aromatic heterocycles. The van der Waals surface area contributed by atoms with Crippen LogP contribution in [0, 0.1) is 6.92 Å². The summed E-state index contributed by atoms with van der Waals surface area (Å²) in [6, 6.07) is 0. The third-order valence-electron chi connectivity index (χ3n) is 3.15. The van der Waals surface area contributed by atoms with Crippen molar-refractivity contribution >= 4 is 11.3 Å². The lowest BCUT2D eigenvalue weighted by molar-refractivity contribution is 0.0947.